The van der Waals surface area contributed by atoms with E-state index >= 15 is 0 Å². The smallest absolute Gasteiger partial charge is 0.388 e. The molecule has 4 heterocycles. The largest absolute Gasteiger partial charge is 0.408 e. The number of nitrogens with zero attached hydrogens (tertiary/aromatic N) is 4. The van der Waals surface area contributed by atoms with E-state index in [-0.39, 0.29) is 43.2 Å². The molecule has 3 aliphatic heterocycles. The van der Waals surface area contributed by atoms with Crippen molar-refractivity contribution < 1.29 is 23.0 Å². The molecule has 2 bridgehead atoms. The van der Waals surface area contributed by atoms with Crippen LogP contribution in [0.4, 0.5) is 24.9 Å². The van der Waals surface area contributed by atoms with Gasteiger partial charge in [0.1, 0.15) is 11.9 Å². The molecule has 29 heavy (non-hydrogen) atoms. The molecule has 160 valence electrons. The molecule has 0 unspecified atom stereocenters. The molecule has 1 N–H and O–H groups in total. The lowest BCUT2D eigenvalue weighted by Crippen LogP contribution is -2.57. The quantitative estimate of drug-likeness (QED) is 0.812. The van der Waals surface area contributed by atoms with Crippen LogP contribution in [0.25, 0.3) is 0 Å². The van der Waals surface area contributed by atoms with E-state index in [0.29, 0.717) is 31.8 Å². The van der Waals surface area contributed by atoms with Crippen molar-refractivity contribution in [2.75, 3.05) is 29.5 Å². The van der Waals surface area contributed by atoms with Gasteiger partial charge in [-0.05, 0) is 25.7 Å². The topological polar surface area (TPSA) is 70.8 Å². The van der Waals surface area contributed by atoms with Crippen LogP contribution in [-0.2, 0) is 11.3 Å². The Bertz CT molecular complexity index is 852. The first-order chi connectivity index (χ1) is 13.7. The summed E-state index contributed by atoms with van der Waals surface area (Å²) in [5.41, 5.74) is -1.53. The van der Waals surface area contributed by atoms with Crippen LogP contribution < -0.4 is 15.4 Å². The summed E-state index contributed by atoms with van der Waals surface area (Å²) in [5, 5.41) is 10.8. The number of aromatic nitrogens is 2. The molecule has 0 amide bonds. The van der Waals surface area contributed by atoms with Gasteiger partial charge in [-0.2, -0.15) is 18.2 Å². The van der Waals surface area contributed by atoms with Crippen LogP contribution in [0.1, 0.15) is 38.5 Å². The van der Waals surface area contributed by atoms with Crippen LogP contribution >= 0.6 is 0 Å². The van der Waals surface area contributed by atoms with Crippen molar-refractivity contribution in [1.29, 1.82) is 0 Å². The highest BCUT2D eigenvalue weighted by atomic mass is 19.4. The summed E-state index contributed by atoms with van der Waals surface area (Å²) in [4.78, 5) is 20.4. The number of anilines is 2. The fraction of sp³-hybridized carbons (Fsp3) is 0.789. The molecule has 1 aromatic rings. The van der Waals surface area contributed by atoms with E-state index in [9.17, 15) is 23.1 Å². The number of fused-ring (bicyclic) bond motifs is 3. The second-order valence-corrected chi connectivity index (χ2v) is 8.81. The van der Waals surface area contributed by atoms with E-state index < -0.39 is 17.8 Å². The Morgan fingerprint density at radius 2 is 2.07 bits per heavy atom. The van der Waals surface area contributed by atoms with Gasteiger partial charge in [-0.15, -0.1) is 0 Å². The van der Waals surface area contributed by atoms with Crippen LogP contribution in [0.2, 0.25) is 0 Å². The zero-order chi connectivity index (χ0) is 20.4. The molecule has 1 aromatic heterocycles. The minimum absolute atomic E-state index is 0.0186. The molecule has 10 heteroatoms. The summed E-state index contributed by atoms with van der Waals surface area (Å²) in [6.45, 7) is 0.935. The number of rotatable bonds is 3. The summed E-state index contributed by atoms with van der Waals surface area (Å²) >= 11 is 0. The predicted octanol–water partition coefficient (Wildman–Crippen LogP) is 1.67. The fourth-order valence-electron chi connectivity index (χ4n) is 5.31. The molecule has 7 nitrogen and oxygen atoms in total. The van der Waals surface area contributed by atoms with Gasteiger partial charge in [0.15, 0.2) is 0 Å². The Balaban J connectivity index is 1.55. The maximum absolute atomic E-state index is 13.8. The molecule has 5 rings (SSSR count). The standard InChI is InChI=1S/C19H25F3N4O3/c20-19(21,22)14-3-6-24-16(27)8-15(25-9-13-7-12(25)10-29-13)23-17(24)26(14)11-18(28)4-1-2-5-18/h8,12-14,28H,1-7,9-11H2/t12-,13-,14-/m0/s1. The van der Waals surface area contributed by atoms with Crippen LogP contribution in [0.3, 0.4) is 0 Å². The van der Waals surface area contributed by atoms with Crippen molar-refractivity contribution in [3.63, 3.8) is 0 Å². The van der Waals surface area contributed by atoms with Gasteiger partial charge in [0.05, 0.1) is 30.9 Å². The van der Waals surface area contributed by atoms with Crippen molar-refractivity contribution in [3.8, 4) is 0 Å². The Hall–Kier alpha value is -1.81. The minimum Gasteiger partial charge on any atom is -0.388 e. The molecule has 4 aliphatic rings. The number of morpholine rings is 1. The van der Waals surface area contributed by atoms with E-state index in [4.69, 9.17) is 4.74 Å². The van der Waals surface area contributed by atoms with Crippen molar-refractivity contribution in [2.24, 2.45) is 0 Å². The molecule has 0 radical (unpaired) electrons. The molecule has 1 aliphatic carbocycles. The Morgan fingerprint density at radius 3 is 2.69 bits per heavy atom. The summed E-state index contributed by atoms with van der Waals surface area (Å²) < 4.78 is 48.4. The average Bonchev–Trinajstić information content (AvgIpc) is 3.38. The number of aliphatic hydroxyl groups is 1. The molecule has 0 spiro atoms. The number of hydrogen-bond donors (Lipinski definition) is 1. The second-order valence-electron chi connectivity index (χ2n) is 8.81. The maximum atomic E-state index is 13.8. The first-order valence-electron chi connectivity index (χ1n) is 10.3. The van der Waals surface area contributed by atoms with E-state index in [1.807, 2.05) is 4.90 Å². The molecule has 0 aromatic carbocycles. The summed E-state index contributed by atoms with van der Waals surface area (Å²) in [6, 6.07) is -0.238. The second kappa shape index (κ2) is 6.60. The minimum atomic E-state index is -4.46. The number of hydrogen-bond acceptors (Lipinski definition) is 6. The summed E-state index contributed by atoms with van der Waals surface area (Å²) in [5.74, 6) is 0.424. The SMILES string of the molecule is O=c1cc(N2C[C@@H]3C[C@H]2CO3)nc2n1CC[C@@H](C(F)(F)F)N2CC1(O)CCCC1. The van der Waals surface area contributed by atoms with Gasteiger partial charge in [-0.25, -0.2) is 0 Å². The van der Waals surface area contributed by atoms with Gasteiger partial charge >= 0.3 is 6.18 Å². The van der Waals surface area contributed by atoms with Crippen LogP contribution in [-0.4, -0.2) is 64.3 Å². The number of halogens is 3. The van der Waals surface area contributed by atoms with E-state index in [1.54, 1.807) is 0 Å². The summed E-state index contributed by atoms with van der Waals surface area (Å²) in [6.07, 6.45) is -1.26. The Labute approximate surface area is 166 Å². The first-order valence-corrected chi connectivity index (χ1v) is 10.3. The lowest BCUT2D eigenvalue weighted by atomic mass is 9.99. The van der Waals surface area contributed by atoms with Crippen molar-refractivity contribution >= 4 is 11.8 Å². The van der Waals surface area contributed by atoms with Crippen molar-refractivity contribution in [3.05, 3.63) is 16.4 Å². The number of alkyl halides is 3. The highest BCUT2D eigenvalue weighted by molar-refractivity contribution is 5.49. The summed E-state index contributed by atoms with van der Waals surface area (Å²) in [7, 11) is 0. The van der Waals surface area contributed by atoms with Crippen molar-refractivity contribution in [1.82, 2.24) is 9.55 Å². The van der Waals surface area contributed by atoms with E-state index in [1.165, 1.54) is 10.6 Å². The van der Waals surface area contributed by atoms with Crippen molar-refractivity contribution in [2.45, 2.75) is 75.0 Å². The third kappa shape index (κ3) is 3.30. The third-order valence-electron chi connectivity index (χ3n) is 6.81. The van der Waals surface area contributed by atoms with Gasteiger partial charge < -0.3 is 19.6 Å². The number of ether oxygens (including phenoxy) is 1. The molecular weight excluding hydrogens is 389 g/mol. The van der Waals surface area contributed by atoms with Crippen LogP contribution in [0, 0.1) is 0 Å². The lowest BCUT2D eigenvalue weighted by Gasteiger charge is -2.42. The van der Waals surface area contributed by atoms with Gasteiger partial charge in [0, 0.05) is 19.2 Å². The Morgan fingerprint density at radius 1 is 1.31 bits per heavy atom. The normalized spacial score (nSPS) is 30.8. The van der Waals surface area contributed by atoms with Gasteiger partial charge in [0.2, 0.25) is 5.95 Å². The number of β-amino-alcohol motifs (C(OH)–C–C–N with tert-alkyl or cyclic N) is 1. The first kappa shape index (κ1) is 19.2. The van der Waals surface area contributed by atoms with Gasteiger partial charge in [0.25, 0.3) is 5.56 Å². The zero-order valence-corrected chi connectivity index (χ0v) is 16.1. The van der Waals surface area contributed by atoms with E-state index in [0.717, 1.165) is 24.2 Å². The lowest BCUT2D eigenvalue weighted by molar-refractivity contribution is -0.154. The fourth-order valence-corrected chi connectivity index (χ4v) is 5.31. The molecule has 3 atom stereocenters. The molecular formula is C19H25F3N4O3. The average molecular weight is 414 g/mol. The van der Waals surface area contributed by atoms with E-state index in [2.05, 4.69) is 4.98 Å². The van der Waals surface area contributed by atoms with Gasteiger partial charge in [-0.3, -0.25) is 9.36 Å². The molecule has 3 fully saturated rings. The third-order valence-corrected chi connectivity index (χ3v) is 6.81. The Kier molecular flexibility index (Phi) is 4.36. The molecule has 1 saturated carbocycles. The van der Waals surface area contributed by atoms with Crippen LogP contribution in [0.15, 0.2) is 10.9 Å². The zero-order valence-electron chi connectivity index (χ0n) is 16.1. The monoisotopic (exact) mass is 414 g/mol. The van der Waals surface area contributed by atoms with Gasteiger partial charge in [-0.1, -0.05) is 12.8 Å². The highest BCUT2D eigenvalue weighted by Crippen LogP contribution is 2.39. The van der Waals surface area contributed by atoms with Crippen LogP contribution in [0.5, 0.6) is 0 Å². The predicted molar refractivity (Wildman–Crippen MR) is 99.2 cm³/mol. The molecule has 2 saturated heterocycles. The highest BCUT2D eigenvalue weighted by Gasteiger charge is 2.49. The maximum Gasteiger partial charge on any atom is 0.408 e.